The molecule has 0 bridgehead atoms. The lowest BCUT2D eigenvalue weighted by atomic mass is 10.2. The van der Waals surface area contributed by atoms with E-state index in [9.17, 15) is 9.59 Å². The minimum absolute atomic E-state index is 0.373. The third-order valence-electron chi connectivity index (χ3n) is 4.47. The molecule has 0 saturated carbocycles. The fourth-order valence-corrected chi connectivity index (χ4v) is 3.84. The van der Waals surface area contributed by atoms with Gasteiger partial charge in [-0.1, -0.05) is 47.5 Å². The molecule has 0 radical (unpaired) electrons. The highest BCUT2D eigenvalue weighted by Gasteiger charge is 2.13. The van der Waals surface area contributed by atoms with Crippen LogP contribution in [0.3, 0.4) is 0 Å². The first-order valence-corrected chi connectivity index (χ1v) is 11.6. The Hall–Kier alpha value is -2.74. The van der Waals surface area contributed by atoms with Crippen molar-refractivity contribution in [1.82, 2.24) is 9.78 Å². The van der Waals surface area contributed by atoms with Gasteiger partial charge in [-0.05, 0) is 49.1 Å². The summed E-state index contributed by atoms with van der Waals surface area (Å²) in [6, 6.07) is 14.8. The maximum Gasteiger partial charge on any atom is 0.331 e. The number of nitrogens with one attached hydrogen (secondary N) is 1. The molecule has 0 unspecified atom stereocenters. The Morgan fingerprint density at radius 1 is 1.19 bits per heavy atom. The predicted octanol–water partition coefficient (Wildman–Crippen LogP) is 5.46. The molecule has 3 rings (SSSR count). The number of aromatic nitrogens is 2. The number of hydrogen-bond donors (Lipinski definition) is 1. The number of anilines is 1. The van der Waals surface area contributed by atoms with Crippen molar-refractivity contribution < 1.29 is 14.3 Å². The zero-order valence-corrected chi connectivity index (χ0v) is 19.8. The molecule has 2 aromatic carbocycles. The second kappa shape index (κ2) is 11.2. The van der Waals surface area contributed by atoms with Crippen molar-refractivity contribution in [2.75, 3.05) is 18.2 Å². The quantitative estimate of drug-likeness (QED) is 0.258. The molecule has 0 atom stereocenters. The van der Waals surface area contributed by atoms with Gasteiger partial charge in [0, 0.05) is 27.2 Å². The lowest BCUT2D eigenvalue weighted by Gasteiger charge is -2.06. The summed E-state index contributed by atoms with van der Waals surface area (Å²) in [7, 11) is 0. The van der Waals surface area contributed by atoms with E-state index >= 15 is 0 Å². The van der Waals surface area contributed by atoms with Crippen LogP contribution < -0.4 is 5.32 Å². The number of esters is 1. The van der Waals surface area contributed by atoms with Gasteiger partial charge in [-0.15, -0.1) is 11.8 Å². The van der Waals surface area contributed by atoms with Gasteiger partial charge in [-0.3, -0.25) is 4.79 Å². The van der Waals surface area contributed by atoms with Gasteiger partial charge >= 0.3 is 5.97 Å². The predicted molar refractivity (Wildman–Crippen MR) is 129 cm³/mol. The molecule has 32 heavy (non-hydrogen) atoms. The van der Waals surface area contributed by atoms with Crippen molar-refractivity contribution in [3.05, 3.63) is 81.6 Å². The molecule has 1 heterocycles. The van der Waals surface area contributed by atoms with Crippen molar-refractivity contribution in [2.45, 2.75) is 18.4 Å². The van der Waals surface area contributed by atoms with E-state index in [0.29, 0.717) is 33.7 Å². The Morgan fingerprint density at radius 2 is 1.97 bits per heavy atom. The highest BCUT2D eigenvalue weighted by molar-refractivity contribution is 7.98. The minimum atomic E-state index is -0.660. The zero-order chi connectivity index (χ0) is 23.1. The fraction of sp³-hybridized carbons (Fsp3) is 0.174. The molecular weight excluding hydrogens is 469 g/mol. The molecule has 166 valence electrons. The second-order valence-corrected chi connectivity index (χ2v) is 8.40. The van der Waals surface area contributed by atoms with Crippen LogP contribution in [0.4, 0.5) is 5.69 Å². The van der Waals surface area contributed by atoms with E-state index in [4.69, 9.17) is 27.9 Å². The lowest BCUT2D eigenvalue weighted by Crippen LogP contribution is -2.20. The van der Waals surface area contributed by atoms with Gasteiger partial charge in [0.15, 0.2) is 6.61 Å². The van der Waals surface area contributed by atoms with Crippen molar-refractivity contribution in [1.29, 1.82) is 0 Å². The molecule has 0 aliphatic rings. The third-order valence-corrected chi connectivity index (χ3v) is 5.97. The van der Waals surface area contributed by atoms with Crippen LogP contribution in [0.1, 0.15) is 16.8 Å². The van der Waals surface area contributed by atoms with Crippen molar-refractivity contribution >= 4 is 58.6 Å². The summed E-state index contributed by atoms with van der Waals surface area (Å²) in [6.45, 7) is 1.79. The Morgan fingerprint density at radius 3 is 2.72 bits per heavy atom. The maximum absolute atomic E-state index is 12.1. The van der Waals surface area contributed by atoms with Crippen LogP contribution in [-0.4, -0.2) is 34.5 Å². The fourth-order valence-electron chi connectivity index (χ4n) is 2.88. The Labute approximate surface area is 200 Å². The summed E-state index contributed by atoms with van der Waals surface area (Å²) in [5.74, 6) is -1.08. The van der Waals surface area contributed by atoms with Gasteiger partial charge < -0.3 is 10.1 Å². The highest BCUT2D eigenvalue weighted by Crippen LogP contribution is 2.24. The Balaban J connectivity index is 1.57. The molecule has 0 fully saturated rings. The number of nitrogens with zero attached hydrogens (tertiary/aromatic N) is 2. The number of hydrogen-bond acceptors (Lipinski definition) is 5. The Kier molecular flexibility index (Phi) is 8.39. The first-order valence-electron chi connectivity index (χ1n) is 9.62. The summed E-state index contributed by atoms with van der Waals surface area (Å²) in [4.78, 5) is 25.1. The molecule has 0 aliphatic heterocycles. The summed E-state index contributed by atoms with van der Waals surface area (Å²) in [6.07, 6.45) is 4.69. The zero-order valence-electron chi connectivity index (χ0n) is 17.5. The number of rotatable bonds is 8. The van der Waals surface area contributed by atoms with Crippen LogP contribution in [0.15, 0.2) is 59.5 Å². The monoisotopic (exact) mass is 489 g/mol. The van der Waals surface area contributed by atoms with E-state index < -0.39 is 18.5 Å². The van der Waals surface area contributed by atoms with Gasteiger partial charge in [-0.25, -0.2) is 9.48 Å². The van der Waals surface area contributed by atoms with E-state index in [0.717, 1.165) is 10.5 Å². The molecule has 0 saturated heterocycles. The van der Waals surface area contributed by atoms with Crippen LogP contribution in [0.5, 0.6) is 0 Å². The van der Waals surface area contributed by atoms with Crippen LogP contribution >= 0.6 is 35.0 Å². The molecule has 0 aliphatic carbocycles. The average Bonchev–Trinajstić information content (AvgIpc) is 3.04. The topological polar surface area (TPSA) is 73.2 Å². The molecule has 1 N–H and O–H groups in total. The van der Waals surface area contributed by atoms with Gasteiger partial charge in [0.1, 0.15) is 5.15 Å². The van der Waals surface area contributed by atoms with Crippen LogP contribution in [0.25, 0.3) is 6.08 Å². The third kappa shape index (κ3) is 6.38. The van der Waals surface area contributed by atoms with Crippen molar-refractivity contribution in [3.63, 3.8) is 0 Å². The SMILES string of the molecule is CSc1cccc(NC(=O)COC(=O)/C=C/c2c(C)nn(Cc3ccccc3Cl)c2Cl)c1. The van der Waals surface area contributed by atoms with E-state index in [2.05, 4.69) is 10.4 Å². The van der Waals surface area contributed by atoms with Crippen LogP contribution in [-0.2, 0) is 20.9 Å². The van der Waals surface area contributed by atoms with Crippen LogP contribution in [0, 0.1) is 6.92 Å². The Bertz CT molecular complexity index is 1160. The normalized spacial score (nSPS) is 11.0. The van der Waals surface area contributed by atoms with E-state index in [1.54, 1.807) is 35.5 Å². The van der Waals surface area contributed by atoms with E-state index in [1.165, 1.54) is 12.2 Å². The number of benzene rings is 2. The molecule has 1 aromatic heterocycles. The number of carbonyl (C=O) groups is 2. The molecule has 0 spiro atoms. The van der Waals surface area contributed by atoms with Crippen LogP contribution in [0.2, 0.25) is 10.2 Å². The van der Waals surface area contributed by atoms with E-state index in [-0.39, 0.29) is 0 Å². The second-order valence-electron chi connectivity index (χ2n) is 6.76. The minimum Gasteiger partial charge on any atom is -0.452 e. The van der Waals surface area contributed by atoms with Gasteiger partial charge in [0.25, 0.3) is 5.91 Å². The largest absolute Gasteiger partial charge is 0.452 e. The number of amides is 1. The summed E-state index contributed by atoms with van der Waals surface area (Å²) in [5, 5.41) is 8.11. The number of aryl methyl sites for hydroxylation is 1. The summed E-state index contributed by atoms with van der Waals surface area (Å²) >= 11 is 14.2. The standard InChI is InChI=1S/C23H21Cl2N3O3S/c1-15-19(23(25)28(27-15)13-16-6-3-4-9-20(16)24)10-11-22(30)31-14-21(29)26-17-7-5-8-18(12-17)32-2/h3-12H,13-14H2,1-2H3,(H,26,29)/b11-10+. The first-order chi connectivity index (χ1) is 15.4. The molecule has 6 nitrogen and oxygen atoms in total. The summed E-state index contributed by atoms with van der Waals surface area (Å²) in [5.41, 5.74) is 2.76. The number of thioether (sulfide) groups is 1. The number of carbonyl (C=O) groups excluding carboxylic acids is 2. The maximum atomic E-state index is 12.1. The lowest BCUT2D eigenvalue weighted by molar-refractivity contribution is -0.142. The molecule has 1 amide bonds. The van der Waals surface area contributed by atoms with Gasteiger partial charge in [0.05, 0.1) is 12.2 Å². The van der Waals surface area contributed by atoms with Gasteiger partial charge in [-0.2, -0.15) is 5.10 Å². The first kappa shape index (κ1) is 23.9. The summed E-state index contributed by atoms with van der Waals surface area (Å²) < 4.78 is 6.63. The van der Waals surface area contributed by atoms with E-state index in [1.807, 2.05) is 42.7 Å². The molecule has 3 aromatic rings. The smallest absolute Gasteiger partial charge is 0.331 e. The van der Waals surface area contributed by atoms with Crippen molar-refractivity contribution in [3.8, 4) is 0 Å². The average molecular weight is 490 g/mol. The number of halogens is 2. The highest BCUT2D eigenvalue weighted by atomic mass is 35.5. The van der Waals surface area contributed by atoms with Gasteiger partial charge in [0.2, 0.25) is 0 Å². The molecule has 9 heteroatoms. The molecular formula is C23H21Cl2N3O3S. The number of ether oxygens (including phenoxy) is 1. The van der Waals surface area contributed by atoms with Crippen molar-refractivity contribution in [2.24, 2.45) is 0 Å².